The van der Waals surface area contributed by atoms with Crippen LogP contribution in [0.1, 0.15) is 18.5 Å². The first-order valence-corrected chi connectivity index (χ1v) is 4.70. The Morgan fingerprint density at radius 3 is 3.00 bits per heavy atom. The van der Waals surface area contributed by atoms with Crippen molar-refractivity contribution in [3.63, 3.8) is 0 Å². The number of amidine groups is 1. The van der Waals surface area contributed by atoms with Crippen LogP contribution in [0, 0.1) is 0 Å². The van der Waals surface area contributed by atoms with Gasteiger partial charge in [0.1, 0.15) is 0 Å². The lowest BCUT2D eigenvalue weighted by Crippen LogP contribution is -2.23. The maximum Gasteiger partial charge on any atom is 0.370 e. The molecule has 82 valence electrons. The highest BCUT2D eigenvalue weighted by atomic mass is 16.4. The summed E-state index contributed by atoms with van der Waals surface area (Å²) in [7, 11) is 0. The van der Waals surface area contributed by atoms with Gasteiger partial charge in [0.25, 0.3) is 0 Å². The second-order valence-corrected chi connectivity index (χ2v) is 3.11. The average molecular weight is 210 g/mol. The third kappa shape index (κ3) is 4.26. The summed E-state index contributed by atoms with van der Waals surface area (Å²) in [5.74, 6) is -1.49. The van der Waals surface area contributed by atoms with Crippen molar-refractivity contribution in [1.29, 1.82) is 0 Å². The number of rotatable bonds is 5. The van der Waals surface area contributed by atoms with Crippen molar-refractivity contribution < 1.29 is 9.90 Å². The Balaban J connectivity index is 2.12. The van der Waals surface area contributed by atoms with Crippen molar-refractivity contribution in [3.05, 3.63) is 18.2 Å². The molecule has 0 spiro atoms. The molecule has 0 saturated heterocycles. The number of aryl methyl sites for hydroxylation is 1. The van der Waals surface area contributed by atoms with Crippen molar-refractivity contribution >= 4 is 11.8 Å². The van der Waals surface area contributed by atoms with Gasteiger partial charge in [0.2, 0.25) is 5.84 Å². The summed E-state index contributed by atoms with van der Waals surface area (Å²) < 4.78 is 0. The number of aromatic nitrogens is 2. The number of aliphatic imine (C=N–C) groups is 1. The number of aromatic amines is 1. The van der Waals surface area contributed by atoms with Crippen LogP contribution in [0.15, 0.2) is 17.5 Å². The Labute approximate surface area is 87.2 Å². The highest BCUT2D eigenvalue weighted by Gasteiger charge is 2.01. The van der Waals surface area contributed by atoms with Crippen molar-refractivity contribution in [2.24, 2.45) is 10.7 Å². The largest absolute Gasteiger partial charge is 0.475 e. The van der Waals surface area contributed by atoms with Crippen molar-refractivity contribution in [2.75, 3.05) is 6.54 Å². The molecule has 0 unspecified atom stereocenters. The van der Waals surface area contributed by atoms with E-state index >= 15 is 0 Å². The van der Waals surface area contributed by atoms with Gasteiger partial charge in [-0.05, 0) is 19.3 Å². The zero-order valence-electron chi connectivity index (χ0n) is 8.31. The fourth-order valence-electron chi connectivity index (χ4n) is 1.12. The molecule has 1 aromatic rings. The van der Waals surface area contributed by atoms with Gasteiger partial charge < -0.3 is 15.8 Å². The number of aliphatic carboxylic acids is 1. The molecule has 0 aliphatic heterocycles. The van der Waals surface area contributed by atoms with Crippen LogP contribution in [-0.2, 0) is 11.2 Å². The number of carbonyl (C=O) groups is 1. The minimum atomic E-state index is -1.16. The Bertz CT molecular complexity index is 332. The van der Waals surface area contributed by atoms with E-state index in [1.165, 1.54) is 0 Å². The lowest BCUT2D eigenvalue weighted by molar-refractivity contribution is -0.129. The first kappa shape index (κ1) is 11.2. The number of unbranched alkanes of at least 4 members (excludes halogenated alkanes) is 1. The van der Waals surface area contributed by atoms with E-state index in [9.17, 15) is 4.79 Å². The number of nitrogens with zero attached hydrogens (tertiary/aromatic N) is 2. The molecule has 0 atom stereocenters. The zero-order valence-corrected chi connectivity index (χ0v) is 8.31. The van der Waals surface area contributed by atoms with E-state index in [1.807, 2.05) is 0 Å². The first-order valence-electron chi connectivity index (χ1n) is 4.70. The molecule has 0 aliphatic rings. The van der Waals surface area contributed by atoms with E-state index in [2.05, 4.69) is 15.0 Å². The second kappa shape index (κ2) is 5.79. The van der Waals surface area contributed by atoms with Gasteiger partial charge in [-0.3, -0.25) is 4.99 Å². The number of hydrogen-bond donors (Lipinski definition) is 3. The van der Waals surface area contributed by atoms with E-state index in [4.69, 9.17) is 10.8 Å². The lowest BCUT2D eigenvalue weighted by Gasteiger charge is -1.96. The Kier molecular flexibility index (Phi) is 4.33. The number of H-pyrrole nitrogens is 1. The molecule has 0 aliphatic carbocycles. The molecule has 6 nitrogen and oxygen atoms in total. The molecule has 4 N–H and O–H groups in total. The van der Waals surface area contributed by atoms with Gasteiger partial charge in [0.15, 0.2) is 0 Å². The van der Waals surface area contributed by atoms with E-state index in [0.717, 1.165) is 25.0 Å². The number of imidazole rings is 1. The van der Waals surface area contributed by atoms with Crippen molar-refractivity contribution in [2.45, 2.75) is 19.3 Å². The van der Waals surface area contributed by atoms with Gasteiger partial charge in [-0.25, -0.2) is 9.78 Å². The molecule has 1 heterocycles. The molecule has 0 aromatic carbocycles. The summed E-state index contributed by atoms with van der Waals surface area (Å²) in [5.41, 5.74) is 6.20. The molecule has 1 rings (SSSR count). The lowest BCUT2D eigenvalue weighted by atomic mass is 10.2. The summed E-state index contributed by atoms with van der Waals surface area (Å²) in [5, 5.41) is 8.42. The van der Waals surface area contributed by atoms with Gasteiger partial charge in [0, 0.05) is 18.4 Å². The molecule has 0 amide bonds. The van der Waals surface area contributed by atoms with Gasteiger partial charge in [-0.2, -0.15) is 0 Å². The van der Waals surface area contributed by atoms with Crippen LogP contribution in [0.5, 0.6) is 0 Å². The number of nitrogens with two attached hydrogens (primary N) is 1. The maximum absolute atomic E-state index is 10.3. The predicted octanol–water partition coefficient (Wildman–Crippen LogP) is 0.174. The van der Waals surface area contributed by atoms with Gasteiger partial charge in [0.05, 0.1) is 6.33 Å². The Morgan fingerprint density at radius 2 is 2.40 bits per heavy atom. The SMILES string of the molecule is NC(=NCCCCc1cnc[nH]1)C(=O)O. The summed E-state index contributed by atoms with van der Waals surface area (Å²) in [6.45, 7) is 0.451. The van der Waals surface area contributed by atoms with E-state index in [-0.39, 0.29) is 5.84 Å². The van der Waals surface area contributed by atoms with Crippen LogP contribution < -0.4 is 5.73 Å². The molecule has 0 fully saturated rings. The molecular formula is C9H14N4O2. The quantitative estimate of drug-likeness (QED) is 0.366. The third-order valence-electron chi connectivity index (χ3n) is 1.91. The fourth-order valence-corrected chi connectivity index (χ4v) is 1.12. The number of carboxylic acid groups (broad SMARTS) is 1. The van der Waals surface area contributed by atoms with E-state index in [1.54, 1.807) is 12.5 Å². The van der Waals surface area contributed by atoms with Crippen molar-refractivity contribution in [3.8, 4) is 0 Å². The molecule has 6 heteroatoms. The first-order chi connectivity index (χ1) is 7.20. The van der Waals surface area contributed by atoms with Gasteiger partial charge in [-0.15, -0.1) is 0 Å². The van der Waals surface area contributed by atoms with Crippen LogP contribution in [0.25, 0.3) is 0 Å². The minimum Gasteiger partial charge on any atom is -0.475 e. The van der Waals surface area contributed by atoms with Crippen LogP contribution in [0.2, 0.25) is 0 Å². The number of nitrogens with one attached hydrogen (secondary N) is 1. The predicted molar refractivity (Wildman–Crippen MR) is 55.7 cm³/mol. The highest BCUT2D eigenvalue weighted by Crippen LogP contribution is 2.00. The monoisotopic (exact) mass is 210 g/mol. The molecule has 0 saturated carbocycles. The molecule has 0 radical (unpaired) electrons. The second-order valence-electron chi connectivity index (χ2n) is 3.11. The molecular weight excluding hydrogens is 196 g/mol. The van der Waals surface area contributed by atoms with Crippen LogP contribution >= 0.6 is 0 Å². The maximum atomic E-state index is 10.3. The van der Waals surface area contributed by atoms with E-state index in [0.29, 0.717) is 6.54 Å². The highest BCUT2D eigenvalue weighted by molar-refractivity contribution is 6.33. The van der Waals surface area contributed by atoms with Crippen LogP contribution in [-0.4, -0.2) is 33.4 Å². The van der Waals surface area contributed by atoms with Gasteiger partial charge in [-0.1, -0.05) is 0 Å². The summed E-state index contributed by atoms with van der Waals surface area (Å²) >= 11 is 0. The standard InChI is InChI=1S/C9H14N4O2/c10-8(9(14)15)12-4-2-1-3-7-5-11-6-13-7/h5-6H,1-4H2,(H2,10,12)(H,11,13)(H,14,15). The normalized spacial score (nSPS) is 11.6. The molecule has 0 bridgehead atoms. The topological polar surface area (TPSA) is 104 Å². The minimum absolute atomic E-state index is 0.323. The number of carboxylic acids is 1. The van der Waals surface area contributed by atoms with Crippen LogP contribution in [0.4, 0.5) is 0 Å². The molecule has 15 heavy (non-hydrogen) atoms. The third-order valence-corrected chi connectivity index (χ3v) is 1.91. The molecule has 1 aromatic heterocycles. The fraction of sp³-hybridized carbons (Fsp3) is 0.444. The summed E-state index contributed by atoms with van der Waals surface area (Å²) in [4.78, 5) is 20.9. The smallest absolute Gasteiger partial charge is 0.370 e. The average Bonchev–Trinajstić information content (AvgIpc) is 2.69. The number of hydrogen-bond acceptors (Lipinski definition) is 3. The summed E-state index contributed by atoms with van der Waals surface area (Å²) in [6, 6.07) is 0. The summed E-state index contributed by atoms with van der Waals surface area (Å²) in [6.07, 6.45) is 6.04. The Hall–Kier alpha value is -1.85. The van der Waals surface area contributed by atoms with Gasteiger partial charge >= 0.3 is 5.97 Å². The zero-order chi connectivity index (χ0) is 11.1. The van der Waals surface area contributed by atoms with Crippen LogP contribution in [0.3, 0.4) is 0 Å². The van der Waals surface area contributed by atoms with E-state index < -0.39 is 5.97 Å². The Morgan fingerprint density at radius 1 is 1.60 bits per heavy atom. The van der Waals surface area contributed by atoms with Crippen molar-refractivity contribution in [1.82, 2.24) is 9.97 Å².